The van der Waals surface area contributed by atoms with Gasteiger partial charge in [0.05, 0.1) is 18.9 Å². The van der Waals surface area contributed by atoms with Crippen LogP contribution in [0, 0.1) is 0 Å². The normalized spacial score (nSPS) is 19.8. The van der Waals surface area contributed by atoms with Crippen molar-refractivity contribution in [1.82, 2.24) is 9.78 Å². The van der Waals surface area contributed by atoms with Crippen LogP contribution in [-0.4, -0.2) is 48.4 Å². The fourth-order valence-electron chi connectivity index (χ4n) is 2.83. The molecule has 2 atom stereocenters. The van der Waals surface area contributed by atoms with E-state index in [1.165, 1.54) is 0 Å². The minimum atomic E-state index is 0.218. The molecule has 2 fully saturated rings. The molecule has 0 radical (unpaired) electrons. The number of epoxide rings is 2. The van der Waals surface area contributed by atoms with Crippen LogP contribution in [0.2, 0.25) is 10.2 Å². The van der Waals surface area contributed by atoms with Gasteiger partial charge in [-0.15, -0.1) is 0 Å². The number of aromatic nitrogens is 2. The molecule has 2 aliphatic rings. The summed E-state index contributed by atoms with van der Waals surface area (Å²) in [6.07, 6.45) is 0.438. The molecule has 2 unspecified atom stereocenters. The summed E-state index contributed by atoms with van der Waals surface area (Å²) in [7, 11) is 0. The van der Waals surface area contributed by atoms with Crippen LogP contribution in [0.3, 0.4) is 0 Å². The first-order valence-corrected chi connectivity index (χ1v) is 10.1. The van der Waals surface area contributed by atoms with Crippen molar-refractivity contribution in [3.8, 4) is 28.4 Å². The predicted molar refractivity (Wildman–Crippen MR) is 109 cm³/mol. The first-order valence-electron chi connectivity index (χ1n) is 9.31. The summed E-state index contributed by atoms with van der Waals surface area (Å²) < 4.78 is 23.2. The summed E-state index contributed by atoms with van der Waals surface area (Å²) in [6, 6.07) is 15.1. The maximum atomic E-state index is 6.47. The lowest BCUT2D eigenvalue weighted by atomic mass is 10.1. The number of nitrogens with zero attached hydrogens (tertiary/aromatic N) is 2. The van der Waals surface area contributed by atoms with E-state index in [2.05, 4.69) is 5.10 Å². The van der Waals surface area contributed by atoms with Gasteiger partial charge < -0.3 is 18.9 Å². The second-order valence-corrected chi connectivity index (χ2v) is 7.65. The largest absolute Gasteiger partial charge is 0.491 e. The molecule has 6 nitrogen and oxygen atoms in total. The van der Waals surface area contributed by atoms with Gasteiger partial charge in [-0.1, -0.05) is 23.2 Å². The number of hydrogen-bond donors (Lipinski definition) is 0. The van der Waals surface area contributed by atoms with Crippen LogP contribution in [0.25, 0.3) is 16.9 Å². The Morgan fingerprint density at radius 1 is 0.862 bits per heavy atom. The highest BCUT2D eigenvalue weighted by atomic mass is 35.5. The van der Waals surface area contributed by atoms with Crippen LogP contribution in [0.1, 0.15) is 0 Å². The monoisotopic (exact) mass is 432 g/mol. The summed E-state index contributed by atoms with van der Waals surface area (Å²) in [4.78, 5) is 0. The van der Waals surface area contributed by atoms with Crippen molar-refractivity contribution in [3.63, 3.8) is 0 Å². The molecular weight excluding hydrogens is 415 g/mol. The molecule has 2 aliphatic heterocycles. The third-order valence-electron chi connectivity index (χ3n) is 4.66. The van der Waals surface area contributed by atoms with E-state index >= 15 is 0 Å². The standard InChI is InChI=1S/C21H18Cl2N2O4/c22-19-20(13-1-5-15(6-2-13)26-9-17-11-28-17)24-25(21(19)23)14-3-7-16(8-4-14)27-10-18-12-29-18/h1-8,17-18H,9-12H2. The predicted octanol–water partition coefficient (Wildman–Crippen LogP) is 4.40. The fourth-order valence-corrected chi connectivity index (χ4v) is 3.29. The van der Waals surface area contributed by atoms with Gasteiger partial charge >= 0.3 is 0 Å². The molecular formula is C21H18Cl2N2O4. The van der Waals surface area contributed by atoms with Gasteiger partial charge in [-0.05, 0) is 48.5 Å². The molecule has 2 saturated heterocycles. The highest BCUT2D eigenvalue weighted by Gasteiger charge is 2.24. The average Bonchev–Trinajstić information content (AvgIpc) is 3.67. The van der Waals surface area contributed by atoms with Gasteiger partial charge in [-0.25, -0.2) is 4.68 Å². The van der Waals surface area contributed by atoms with Crippen molar-refractivity contribution in [3.05, 3.63) is 58.7 Å². The Hall–Kier alpha value is -2.25. The quantitative estimate of drug-likeness (QED) is 0.493. The van der Waals surface area contributed by atoms with Crippen LogP contribution in [0.15, 0.2) is 48.5 Å². The molecule has 150 valence electrons. The molecule has 3 heterocycles. The Kier molecular flexibility index (Phi) is 5.09. The number of hydrogen-bond acceptors (Lipinski definition) is 5. The van der Waals surface area contributed by atoms with E-state index in [1.54, 1.807) is 4.68 Å². The van der Waals surface area contributed by atoms with Gasteiger partial charge in [-0.2, -0.15) is 5.10 Å². The Morgan fingerprint density at radius 3 is 1.90 bits per heavy atom. The van der Waals surface area contributed by atoms with E-state index in [9.17, 15) is 0 Å². The van der Waals surface area contributed by atoms with Crippen LogP contribution < -0.4 is 9.47 Å². The Balaban J connectivity index is 1.33. The van der Waals surface area contributed by atoms with Gasteiger partial charge in [0.15, 0.2) is 5.15 Å². The zero-order valence-corrected chi connectivity index (χ0v) is 16.9. The second kappa shape index (κ2) is 7.88. The van der Waals surface area contributed by atoms with E-state index in [-0.39, 0.29) is 12.2 Å². The van der Waals surface area contributed by atoms with Crippen LogP contribution in [-0.2, 0) is 9.47 Å². The fraction of sp³-hybridized carbons (Fsp3) is 0.286. The number of halogens is 2. The van der Waals surface area contributed by atoms with E-state index in [0.717, 1.165) is 36.0 Å². The molecule has 3 aromatic rings. The van der Waals surface area contributed by atoms with E-state index < -0.39 is 0 Å². The summed E-state index contributed by atoms with van der Waals surface area (Å²) >= 11 is 12.9. The molecule has 8 heteroatoms. The van der Waals surface area contributed by atoms with Crippen molar-refractivity contribution in [2.45, 2.75) is 12.2 Å². The number of ether oxygens (including phenoxy) is 4. The average molecular weight is 433 g/mol. The molecule has 29 heavy (non-hydrogen) atoms. The molecule has 0 spiro atoms. The molecule has 0 N–H and O–H groups in total. The second-order valence-electron chi connectivity index (χ2n) is 6.92. The lowest BCUT2D eigenvalue weighted by Gasteiger charge is -2.07. The molecule has 0 saturated carbocycles. The van der Waals surface area contributed by atoms with Gasteiger partial charge in [0.1, 0.15) is 47.6 Å². The third-order valence-corrected chi connectivity index (χ3v) is 5.46. The minimum Gasteiger partial charge on any atom is -0.491 e. The van der Waals surface area contributed by atoms with Crippen molar-refractivity contribution in [2.75, 3.05) is 26.4 Å². The summed E-state index contributed by atoms with van der Waals surface area (Å²) in [5.74, 6) is 1.55. The first kappa shape index (κ1) is 18.8. The third kappa shape index (κ3) is 4.36. The molecule has 0 aliphatic carbocycles. The molecule has 1 aromatic heterocycles. The van der Waals surface area contributed by atoms with E-state index in [4.69, 9.17) is 42.1 Å². The topological polar surface area (TPSA) is 61.3 Å². The molecule has 0 bridgehead atoms. The number of rotatable bonds is 8. The summed E-state index contributed by atoms with van der Waals surface area (Å²) in [6.45, 7) is 2.66. The Labute approximate surface area is 177 Å². The van der Waals surface area contributed by atoms with E-state index in [0.29, 0.717) is 29.1 Å². The van der Waals surface area contributed by atoms with Gasteiger partial charge in [0, 0.05) is 5.56 Å². The van der Waals surface area contributed by atoms with Crippen LogP contribution in [0.5, 0.6) is 11.5 Å². The summed E-state index contributed by atoms with van der Waals surface area (Å²) in [5.41, 5.74) is 2.26. The molecule has 0 amide bonds. The highest BCUT2D eigenvalue weighted by Crippen LogP contribution is 2.35. The maximum absolute atomic E-state index is 6.47. The highest BCUT2D eigenvalue weighted by molar-refractivity contribution is 6.43. The van der Waals surface area contributed by atoms with Crippen LogP contribution in [0.4, 0.5) is 0 Å². The molecule has 2 aromatic carbocycles. The molecule has 5 rings (SSSR count). The zero-order valence-electron chi connectivity index (χ0n) is 15.4. The van der Waals surface area contributed by atoms with Crippen LogP contribution >= 0.6 is 23.2 Å². The smallest absolute Gasteiger partial charge is 0.152 e. The van der Waals surface area contributed by atoms with Crippen molar-refractivity contribution >= 4 is 23.2 Å². The van der Waals surface area contributed by atoms with E-state index in [1.807, 2.05) is 48.5 Å². The first-order chi connectivity index (χ1) is 14.2. The number of benzene rings is 2. The SMILES string of the molecule is Clc1c(-c2ccc(OCC3CO3)cc2)nn(-c2ccc(OCC3CO3)cc2)c1Cl. The Bertz CT molecular complexity index is 917. The van der Waals surface area contributed by atoms with Gasteiger partial charge in [0.25, 0.3) is 0 Å². The van der Waals surface area contributed by atoms with Gasteiger partial charge in [-0.3, -0.25) is 0 Å². The minimum absolute atomic E-state index is 0.218. The maximum Gasteiger partial charge on any atom is 0.152 e. The van der Waals surface area contributed by atoms with Crippen molar-refractivity contribution in [2.24, 2.45) is 0 Å². The lowest BCUT2D eigenvalue weighted by Crippen LogP contribution is -2.04. The van der Waals surface area contributed by atoms with Crippen molar-refractivity contribution in [1.29, 1.82) is 0 Å². The summed E-state index contributed by atoms with van der Waals surface area (Å²) in [5, 5.41) is 5.36. The van der Waals surface area contributed by atoms with Crippen molar-refractivity contribution < 1.29 is 18.9 Å². The lowest BCUT2D eigenvalue weighted by molar-refractivity contribution is 0.263. The Morgan fingerprint density at radius 2 is 1.38 bits per heavy atom. The zero-order chi connectivity index (χ0) is 19.8. The van der Waals surface area contributed by atoms with Gasteiger partial charge in [0.2, 0.25) is 0 Å².